The third kappa shape index (κ3) is 2.88. The van der Waals surface area contributed by atoms with Crippen molar-refractivity contribution in [2.75, 3.05) is 33.4 Å². The average molecular weight is 243 g/mol. The van der Waals surface area contributed by atoms with Crippen LogP contribution in [-0.4, -0.2) is 61.0 Å². The van der Waals surface area contributed by atoms with E-state index < -0.39 is 0 Å². The molecule has 6 heteroatoms. The number of likely N-dealkylation sites (tertiary alicyclic amines) is 1. The minimum Gasteiger partial charge on any atom is -0.409 e. The fourth-order valence-corrected chi connectivity index (χ4v) is 2.79. The number of rotatable bonds is 3. The Bertz CT molecular complexity index is 298. The first kappa shape index (κ1) is 12.6. The van der Waals surface area contributed by atoms with Gasteiger partial charge in [0.15, 0.2) is 5.84 Å². The SMILES string of the molecule is CO[C@H]1CCO[C@]2(CCN(CC(N)=NO)C2)C1. The van der Waals surface area contributed by atoms with Crippen LogP contribution >= 0.6 is 0 Å². The van der Waals surface area contributed by atoms with Crippen molar-refractivity contribution in [1.29, 1.82) is 0 Å². The number of oxime groups is 1. The predicted octanol–water partition coefficient (Wildman–Crippen LogP) is 0.00270. The van der Waals surface area contributed by atoms with Crippen molar-refractivity contribution in [2.45, 2.75) is 31.0 Å². The van der Waals surface area contributed by atoms with Crippen LogP contribution in [0.25, 0.3) is 0 Å². The maximum Gasteiger partial charge on any atom is 0.153 e. The van der Waals surface area contributed by atoms with E-state index in [1.807, 2.05) is 0 Å². The molecule has 0 amide bonds. The van der Waals surface area contributed by atoms with E-state index in [-0.39, 0.29) is 11.4 Å². The topological polar surface area (TPSA) is 80.3 Å². The van der Waals surface area contributed by atoms with Crippen LogP contribution < -0.4 is 5.73 Å². The highest BCUT2D eigenvalue weighted by atomic mass is 16.5. The van der Waals surface area contributed by atoms with E-state index in [1.165, 1.54) is 0 Å². The van der Waals surface area contributed by atoms with Crippen LogP contribution in [-0.2, 0) is 9.47 Å². The van der Waals surface area contributed by atoms with Crippen molar-refractivity contribution in [3.63, 3.8) is 0 Å². The second-order valence-electron chi connectivity index (χ2n) is 4.93. The maximum atomic E-state index is 8.56. The number of amidine groups is 1. The van der Waals surface area contributed by atoms with Gasteiger partial charge in [0.1, 0.15) is 0 Å². The summed E-state index contributed by atoms with van der Waals surface area (Å²) in [6, 6.07) is 0. The molecule has 2 rings (SSSR count). The first-order valence-corrected chi connectivity index (χ1v) is 6.03. The Morgan fingerprint density at radius 2 is 2.53 bits per heavy atom. The summed E-state index contributed by atoms with van der Waals surface area (Å²) in [7, 11) is 1.76. The number of hydrogen-bond donors (Lipinski definition) is 2. The molecule has 0 unspecified atom stereocenters. The molecule has 3 N–H and O–H groups in total. The zero-order valence-electron chi connectivity index (χ0n) is 10.3. The van der Waals surface area contributed by atoms with Gasteiger partial charge in [-0.15, -0.1) is 0 Å². The van der Waals surface area contributed by atoms with Gasteiger partial charge in [-0.1, -0.05) is 5.16 Å². The molecule has 0 aromatic rings. The van der Waals surface area contributed by atoms with Gasteiger partial charge >= 0.3 is 0 Å². The summed E-state index contributed by atoms with van der Waals surface area (Å²) in [5.74, 6) is 0.251. The van der Waals surface area contributed by atoms with Crippen molar-refractivity contribution in [3.05, 3.63) is 0 Å². The van der Waals surface area contributed by atoms with Crippen LogP contribution in [0, 0.1) is 0 Å². The Hall–Kier alpha value is -0.850. The molecule has 2 aliphatic rings. The van der Waals surface area contributed by atoms with E-state index in [4.69, 9.17) is 20.4 Å². The lowest BCUT2D eigenvalue weighted by molar-refractivity contribution is -0.119. The summed E-state index contributed by atoms with van der Waals surface area (Å²) in [5.41, 5.74) is 5.43. The zero-order chi connectivity index (χ0) is 12.3. The maximum absolute atomic E-state index is 8.56. The molecule has 0 aromatic heterocycles. The lowest BCUT2D eigenvalue weighted by Gasteiger charge is -2.37. The molecule has 0 aliphatic carbocycles. The molecular weight excluding hydrogens is 222 g/mol. The summed E-state index contributed by atoms with van der Waals surface area (Å²) in [5, 5.41) is 11.6. The number of nitrogens with two attached hydrogens (primary N) is 1. The fourth-order valence-electron chi connectivity index (χ4n) is 2.79. The Morgan fingerprint density at radius 3 is 3.24 bits per heavy atom. The molecule has 0 saturated carbocycles. The Balaban J connectivity index is 1.91. The van der Waals surface area contributed by atoms with Crippen molar-refractivity contribution < 1.29 is 14.7 Å². The highest BCUT2D eigenvalue weighted by molar-refractivity contribution is 5.81. The standard InChI is InChI=1S/C11H21N3O3/c1-16-9-2-5-17-11(6-9)3-4-14(8-11)7-10(12)13-15/h9,15H,2-8H2,1H3,(H2,12,13)/t9-,11+/m0/s1. The predicted molar refractivity (Wildman–Crippen MR) is 63.2 cm³/mol. The van der Waals surface area contributed by atoms with E-state index in [0.29, 0.717) is 12.6 Å². The lowest BCUT2D eigenvalue weighted by Crippen LogP contribution is -2.45. The minimum atomic E-state index is -0.0886. The second kappa shape index (κ2) is 5.20. The van der Waals surface area contributed by atoms with Gasteiger partial charge in [-0.2, -0.15) is 0 Å². The molecule has 2 atom stereocenters. The summed E-state index contributed by atoms with van der Waals surface area (Å²) in [4.78, 5) is 2.16. The van der Waals surface area contributed by atoms with Crippen LogP contribution in [0.15, 0.2) is 5.16 Å². The summed E-state index contributed by atoms with van der Waals surface area (Å²) < 4.78 is 11.4. The summed E-state index contributed by atoms with van der Waals surface area (Å²) in [6.07, 6.45) is 3.20. The van der Waals surface area contributed by atoms with Gasteiger partial charge in [0.05, 0.1) is 18.2 Å². The molecule has 1 spiro atoms. The number of nitrogens with zero attached hydrogens (tertiary/aromatic N) is 2. The molecule has 2 heterocycles. The molecule has 2 aliphatic heterocycles. The third-order valence-electron chi connectivity index (χ3n) is 3.69. The van der Waals surface area contributed by atoms with Crippen LogP contribution in [0.5, 0.6) is 0 Å². The van der Waals surface area contributed by atoms with Crippen molar-refractivity contribution in [3.8, 4) is 0 Å². The summed E-state index contributed by atoms with van der Waals surface area (Å²) >= 11 is 0. The number of hydrogen-bond acceptors (Lipinski definition) is 5. The molecule has 0 radical (unpaired) electrons. The monoisotopic (exact) mass is 243 g/mol. The molecular formula is C11H21N3O3. The van der Waals surface area contributed by atoms with Crippen LogP contribution in [0.4, 0.5) is 0 Å². The van der Waals surface area contributed by atoms with E-state index in [0.717, 1.165) is 39.0 Å². The van der Waals surface area contributed by atoms with E-state index in [2.05, 4.69) is 10.1 Å². The van der Waals surface area contributed by atoms with Crippen molar-refractivity contribution >= 4 is 5.84 Å². The molecule has 98 valence electrons. The van der Waals surface area contributed by atoms with Gasteiger partial charge in [0.2, 0.25) is 0 Å². The smallest absolute Gasteiger partial charge is 0.153 e. The van der Waals surface area contributed by atoms with E-state index in [9.17, 15) is 0 Å². The van der Waals surface area contributed by atoms with Gasteiger partial charge in [0, 0.05) is 33.2 Å². The van der Waals surface area contributed by atoms with Gasteiger partial charge in [-0.25, -0.2) is 0 Å². The molecule has 0 bridgehead atoms. The van der Waals surface area contributed by atoms with Gasteiger partial charge in [0.25, 0.3) is 0 Å². The van der Waals surface area contributed by atoms with Gasteiger partial charge < -0.3 is 20.4 Å². The highest BCUT2D eigenvalue weighted by Crippen LogP contribution is 2.34. The molecule has 0 aromatic carbocycles. The second-order valence-corrected chi connectivity index (χ2v) is 4.93. The Kier molecular flexibility index (Phi) is 3.86. The largest absolute Gasteiger partial charge is 0.409 e. The molecule has 17 heavy (non-hydrogen) atoms. The van der Waals surface area contributed by atoms with Gasteiger partial charge in [-0.3, -0.25) is 4.90 Å². The number of methoxy groups -OCH3 is 1. The first-order chi connectivity index (χ1) is 8.17. The van der Waals surface area contributed by atoms with E-state index >= 15 is 0 Å². The van der Waals surface area contributed by atoms with Crippen LogP contribution in [0.3, 0.4) is 0 Å². The van der Waals surface area contributed by atoms with Crippen LogP contribution in [0.2, 0.25) is 0 Å². The fraction of sp³-hybridized carbons (Fsp3) is 0.909. The van der Waals surface area contributed by atoms with Crippen LogP contribution in [0.1, 0.15) is 19.3 Å². The highest BCUT2D eigenvalue weighted by Gasteiger charge is 2.43. The van der Waals surface area contributed by atoms with Crippen molar-refractivity contribution in [1.82, 2.24) is 4.90 Å². The zero-order valence-corrected chi connectivity index (χ0v) is 10.3. The average Bonchev–Trinajstić information content (AvgIpc) is 2.71. The van der Waals surface area contributed by atoms with Crippen molar-refractivity contribution in [2.24, 2.45) is 10.9 Å². The first-order valence-electron chi connectivity index (χ1n) is 6.03. The molecule has 2 fully saturated rings. The Morgan fingerprint density at radius 1 is 1.71 bits per heavy atom. The third-order valence-corrected chi connectivity index (χ3v) is 3.69. The molecule has 6 nitrogen and oxygen atoms in total. The van der Waals surface area contributed by atoms with E-state index in [1.54, 1.807) is 7.11 Å². The summed E-state index contributed by atoms with van der Waals surface area (Å²) in [6.45, 7) is 3.02. The minimum absolute atomic E-state index is 0.0886. The normalized spacial score (nSPS) is 35.6. The number of ether oxygens (including phenoxy) is 2. The Labute approximate surface area is 101 Å². The quantitative estimate of drug-likeness (QED) is 0.316. The lowest BCUT2D eigenvalue weighted by atomic mass is 9.91. The van der Waals surface area contributed by atoms with Gasteiger partial charge in [-0.05, 0) is 12.8 Å². The molecule has 2 saturated heterocycles.